The van der Waals surface area contributed by atoms with E-state index in [0.29, 0.717) is 17.3 Å². The van der Waals surface area contributed by atoms with Crippen molar-refractivity contribution in [1.29, 1.82) is 0 Å². The first kappa shape index (κ1) is 14.3. The van der Waals surface area contributed by atoms with E-state index < -0.39 is 11.7 Å². The van der Waals surface area contributed by atoms with Gasteiger partial charge in [-0.15, -0.1) is 0 Å². The van der Waals surface area contributed by atoms with E-state index in [1.807, 2.05) is 12.1 Å². The molecule has 20 heavy (non-hydrogen) atoms. The first-order chi connectivity index (χ1) is 9.47. The molecule has 0 saturated heterocycles. The Labute approximate surface area is 121 Å². The molecule has 3 nitrogen and oxygen atoms in total. The molecule has 0 bridgehead atoms. The van der Waals surface area contributed by atoms with E-state index in [0.717, 1.165) is 11.6 Å². The lowest BCUT2D eigenvalue weighted by molar-refractivity contribution is 0.0780. The van der Waals surface area contributed by atoms with Crippen molar-refractivity contribution in [1.82, 2.24) is 4.90 Å². The standard InChI is InChI=1S/C15H14ClFN2O/c1-19(9-10-2-4-11(16)5-3-10)15(20)13-7-6-12(18)8-14(13)17/h2-8H,9,18H2,1H3. The molecule has 5 heteroatoms. The summed E-state index contributed by atoms with van der Waals surface area (Å²) in [6, 6.07) is 11.2. The molecule has 2 rings (SSSR count). The summed E-state index contributed by atoms with van der Waals surface area (Å²) < 4.78 is 13.7. The molecular formula is C15H14ClFN2O. The van der Waals surface area contributed by atoms with Crippen LogP contribution in [0.3, 0.4) is 0 Å². The summed E-state index contributed by atoms with van der Waals surface area (Å²) in [6.07, 6.45) is 0. The number of hydrogen-bond acceptors (Lipinski definition) is 2. The fourth-order valence-electron chi connectivity index (χ4n) is 1.85. The Morgan fingerprint density at radius 3 is 2.50 bits per heavy atom. The summed E-state index contributed by atoms with van der Waals surface area (Å²) in [6.45, 7) is 0.375. The molecular weight excluding hydrogens is 279 g/mol. The number of carbonyl (C=O) groups is 1. The average Bonchev–Trinajstić information content (AvgIpc) is 2.40. The first-order valence-corrected chi connectivity index (χ1v) is 6.40. The highest BCUT2D eigenvalue weighted by atomic mass is 35.5. The zero-order valence-corrected chi connectivity index (χ0v) is 11.7. The Bertz CT molecular complexity index is 628. The van der Waals surface area contributed by atoms with Gasteiger partial charge in [-0.1, -0.05) is 23.7 Å². The van der Waals surface area contributed by atoms with Gasteiger partial charge in [-0.2, -0.15) is 0 Å². The minimum absolute atomic E-state index is 0.00987. The van der Waals surface area contributed by atoms with Crippen molar-refractivity contribution in [3.8, 4) is 0 Å². The number of carbonyl (C=O) groups excluding carboxylic acids is 1. The third-order valence-corrected chi connectivity index (χ3v) is 3.16. The molecule has 0 heterocycles. The molecule has 2 N–H and O–H groups in total. The summed E-state index contributed by atoms with van der Waals surface area (Å²) >= 11 is 5.80. The van der Waals surface area contributed by atoms with Crippen LogP contribution in [0, 0.1) is 5.82 Å². The molecule has 0 saturated carbocycles. The summed E-state index contributed by atoms with van der Waals surface area (Å²) in [5.41, 5.74) is 6.68. The van der Waals surface area contributed by atoms with Gasteiger partial charge in [-0.05, 0) is 35.9 Å². The molecule has 0 spiro atoms. The highest BCUT2D eigenvalue weighted by molar-refractivity contribution is 6.30. The smallest absolute Gasteiger partial charge is 0.256 e. The fraction of sp³-hybridized carbons (Fsp3) is 0.133. The molecule has 0 fully saturated rings. The second-order valence-corrected chi connectivity index (χ2v) is 4.96. The summed E-state index contributed by atoms with van der Waals surface area (Å²) in [5.74, 6) is -1.00. The van der Waals surface area contributed by atoms with Crippen LogP contribution in [0.15, 0.2) is 42.5 Å². The maximum absolute atomic E-state index is 13.7. The minimum atomic E-state index is -0.613. The Balaban J connectivity index is 2.14. The van der Waals surface area contributed by atoms with Crippen LogP contribution < -0.4 is 5.73 Å². The number of nitrogens with zero attached hydrogens (tertiary/aromatic N) is 1. The van der Waals surface area contributed by atoms with Crippen LogP contribution in [0.5, 0.6) is 0 Å². The van der Waals surface area contributed by atoms with Crippen molar-refractivity contribution in [2.45, 2.75) is 6.54 Å². The van der Waals surface area contributed by atoms with Gasteiger partial charge in [0.2, 0.25) is 0 Å². The van der Waals surface area contributed by atoms with Crippen LogP contribution in [-0.2, 0) is 6.54 Å². The number of rotatable bonds is 3. The molecule has 0 aromatic heterocycles. The Morgan fingerprint density at radius 1 is 1.25 bits per heavy atom. The molecule has 0 aliphatic heterocycles. The highest BCUT2D eigenvalue weighted by Gasteiger charge is 2.16. The van der Waals surface area contributed by atoms with E-state index in [4.69, 9.17) is 17.3 Å². The molecule has 2 aromatic rings. The topological polar surface area (TPSA) is 46.3 Å². The van der Waals surface area contributed by atoms with E-state index in [2.05, 4.69) is 0 Å². The van der Waals surface area contributed by atoms with Crippen molar-refractivity contribution in [3.05, 3.63) is 64.4 Å². The van der Waals surface area contributed by atoms with E-state index >= 15 is 0 Å². The van der Waals surface area contributed by atoms with Crippen LogP contribution in [0.25, 0.3) is 0 Å². The molecule has 0 radical (unpaired) electrons. The normalized spacial score (nSPS) is 10.3. The summed E-state index contributed by atoms with van der Waals surface area (Å²) in [5, 5.41) is 0.632. The third-order valence-electron chi connectivity index (χ3n) is 2.90. The molecule has 104 valence electrons. The molecule has 0 aliphatic rings. The molecule has 0 unspecified atom stereocenters. The first-order valence-electron chi connectivity index (χ1n) is 6.02. The Morgan fingerprint density at radius 2 is 1.90 bits per heavy atom. The van der Waals surface area contributed by atoms with Crippen LogP contribution >= 0.6 is 11.6 Å². The number of anilines is 1. The van der Waals surface area contributed by atoms with Gasteiger partial charge in [0.1, 0.15) is 5.82 Å². The van der Waals surface area contributed by atoms with Gasteiger partial charge < -0.3 is 10.6 Å². The predicted octanol–water partition coefficient (Wildman–Crippen LogP) is 3.33. The maximum atomic E-state index is 13.7. The van der Waals surface area contributed by atoms with Crippen LogP contribution in [0.4, 0.5) is 10.1 Å². The summed E-state index contributed by atoms with van der Waals surface area (Å²) in [4.78, 5) is 13.6. The van der Waals surface area contributed by atoms with Gasteiger partial charge in [-0.25, -0.2) is 4.39 Å². The van der Waals surface area contributed by atoms with Crippen LogP contribution in [0.2, 0.25) is 5.02 Å². The molecule has 1 amide bonds. The van der Waals surface area contributed by atoms with Crippen LogP contribution in [-0.4, -0.2) is 17.9 Å². The van der Waals surface area contributed by atoms with Gasteiger partial charge in [0.05, 0.1) is 5.56 Å². The number of halogens is 2. The van der Waals surface area contributed by atoms with Gasteiger partial charge >= 0.3 is 0 Å². The van der Waals surface area contributed by atoms with Gasteiger partial charge in [0.25, 0.3) is 5.91 Å². The Kier molecular flexibility index (Phi) is 4.25. The lowest BCUT2D eigenvalue weighted by atomic mass is 10.1. The number of nitrogen functional groups attached to an aromatic ring is 1. The van der Waals surface area contributed by atoms with Crippen molar-refractivity contribution in [3.63, 3.8) is 0 Å². The van der Waals surface area contributed by atoms with E-state index in [-0.39, 0.29) is 5.56 Å². The zero-order chi connectivity index (χ0) is 14.7. The number of hydrogen-bond donors (Lipinski definition) is 1. The minimum Gasteiger partial charge on any atom is -0.399 e. The molecule has 0 atom stereocenters. The van der Waals surface area contributed by atoms with Gasteiger partial charge in [0.15, 0.2) is 0 Å². The quantitative estimate of drug-likeness (QED) is 0.882. The lowest BCUT2D eigenvalue weighted by Crippen LogP contribution is -2.27. The van der Waals surface area contributed by atoms with Crippen molar-refractivity contribution in [2.75, 3.05) is 12.8 Å². The van der Waals surface area contributed by atoms with Gasteiger partial charge in [-0.3, -0.25) is 4.79 Å². The van der Waals surface area contributed by atoms with E-state index in [1.54, 1.807) is 19.2 Å². The van der Waals surface area contributed by atoms with Crippen molar-refractivity contribution >= 4 is 23.2 Å². The van der Waals surface area contributed by atoms with E-state index in [1.165, 1.54) is 17.0 Å². The molecule has 2 aromatic carbocycles. The van der Waals surface area contributed by atoms with Gasteiger partial charge in [0, 0.05) is 24.3 Å². The van der Waals surface area contributed by atoms with Crippen molar-refractivity contribution in [2.24, 2.45) is 0 Å². The van der Waals surface area contributed by atoms with Crippen molar-refractivity contribution < 1.29 is 9.18 Å². The second kappa shape index (κ2) is 5.92. The second-order valence-electron chi connectivity index (χ2n) is 4.53. The molecule has 0 aliphatic carbocycles. The third kappa shape index (κ3) is 3.27. The lowest BCUT2D eigenvalue weighted by Gasteiger charge is -2.18. The average molecular weight is 293 g/mol. The van der Waals surface area contributed by atoms with Crippen LogP contribution in [0.1, 0.15) is 15.9 Å². The highest BCUT2D eigenvalue weighted by Crippen LogP contribution is 2.16. The zero-order valence-electron chi connectivity index (χ0n) is 10.9. The maximum Gasteiger partial charge on any atom is 0.256 e. The number of benzene rings is 2. The summed E-state index contributed by atoms with van der Waals surface area (Å²) in [7, 11) is 1.62. The monoisotopic (exact) mass is 292 g/mol. The predicted molar refractivity (Wildman–Crippen MR) is 78.1 cm³/mol. The SMILES string of the molecule is CN(Cc1ccc(Cl)cc1)C(=O)c1ccc(N)cc1F. The fourth-order valence-corrected chi connectivity index (χ4v) is 1.97. The Hall–Kier alpha value is -2.07. The number of amides is 1. The largest absolute Gasteiger partial charge is 0.399 e. The number of nitrogens with two attached hydrogens (primary N) is 1. The van der Waals surface area contributed by atoms with E-state index in [9.17, 15) is 9.18 Å².